The summed E-state index contributed by atoms with van der Waals surface area (Å²) in [6, 6.07) is 0. The number of unbranched alkanes of at least 4 members (excludes halogenated alkanes) is 5. The number of aliphatic imine (C=N–C) groups is 1. The zero-order chi connectivity index (χ0) is 13.9. The molecule has 0 aromatic carbocycles. The van der Waals surface area contributed by atoms with Crippen molar-refractivity contribution in [1.29, 1.82) is 0 Å². The van der Waals surface area contributed by atoms with Gasteiger partial charge in [-0.3, -0.25) is 4.99 Å². The minimum atomic E-state index is -0.393. The smallest absolute Gasteiger partial charge is 0.125 e. The fourth-order valence-electron chi connectivity index (χ4n) is 2.43. The first kappa shape index (κ1) is 16.2. The third kappa shape index (κ3) is 6.76. The van der Waals surface area contributed by atoms with Crippen molar-refractivity contribution in [3.05, 3.63) is 12.2 Å². The molecule has 0 spiro atoms. The molecule has 0 aromatic heterocycles. The molecule has 1 unspecified atom stereocenters. The van der Waals surface area contributed by atoms with Crippen molar-refractivity contribution in [2.75, 3.05) is 13.1 Å². The monoisotopic (exact) mass is 266 g/mol. The summed E-state index contributed by atoms with van der Waals surface area (Å²) in [5.41, 5.74) is 0. The van der Waals surface area contributed by atoms with Gasteiger partial charge < -0.3 is 10.0 Å². The van der Waals surface area contributed by atoms with E-state index in [0.29, 0.717) is 0 Å². The highest BCUT2D eigenvalue weighted by molar-refractivity contribution is 5.83. The van der Waals surface area contributed by atoms with Crippen LogP contribution >= 0.6 is 0 Å². The Morgan fingerprint density at radius 3 is 2.63 bits per heavy atom. The summed E-state index contributed by atoms with van der Waals surface area (Å²) >= 11 is 0. The number of allylic oxidation sites excluding steroid dienone is 2. The van der Waals surface area contributed by atoms with Crippen LogP contribution in [-0.2, 0) is 0 Å². The van der Waals surface area contributed by atoms with Crippen LogP contribution in [0, 0.1) is 0 Å². The average Bonchev–Trinajstić information content (AvgIpc) is 2.85. The molecule has 0 amide bonds. The van der Waals surface area contributed by atoms with E-state index in [4.69, 9.17) is 0 Å². The number of hydrogen-bond acceptors (Lipinski definition) is 3. The fourth-order valence-corrected chi connectivity index (χ4v) is 2.43. The van der Waals surface area contributed by atoms with Crippen molar-refractivity contribution in [2.45, 2.75) is 71.4 Å². The zero-order valence-corrected chi connectivity index (χ0v) is 12.6. The first-order valence-electron chi connectivity index (χ1n) is 7.88. The van der Waals surface area contributed by atoms with Crippen LogP contribution in [0.5, 0.6) is 0 Å². The van der Waals surface area contributed by atoms with E-state index in [0.717, 1.165) is 38.2 Å². The lowest BCUT2D eigenvalue weighted by atomic mass is 10.1. The lowest BCUT2D eigenvalue weighted by Gasteiger charge is -2.23. The van der Waals surface area contributed by atoms with E-state index >= 15 is 0 Å². The van der Waals surface area contributed by atoms with Gasteiger partial charge >= 0.3 is 0 Å². The summed E-state index contributed by atoms with van der Waals surface area (Å²) < 4.78 is 0. The highest BCUT2D eigenvalue weighted by atomic mass is 16.3. The van der Waals surface area contributed by atoms with E-state index in [1.54, 1.807) is 0 Å². The van der Waals surface area contributed by atoms with Crippen LogP contribution in [0.15, 0.2) is 17.1 Å². The van der Waals surface area contributed by atoms with Gasteiger partial charge in [0.1, 0.15) is 12.1 Å². The molecular weight excluding hydrogens is 236 g/mol. The number of amidine groups is 1. The van der Waals surface area contributed by atoms with Crippen LogP contribution < -0.4 is 0 Å². The molecule has 1 N–H and O–H groups in total. The summed E-state index contributed by atoms with van der Waals surface area (Å²) in [5.74, 6) is 1.09. The molecule has 1 aliphatic rings. The largest absolute Gasteiger partial charge is 0.374 e. The Morgan fingerprint density at radius 1 is 1.21 bits per heavy atom. The molecule has 110 valence electrons. The van der Waals surface area contributed by atoms with Crippen molar-refractivity contribution in [3.8, 4) is 0 Å². The lowest BCUT2D eigenvalue weighted by Crippen LogP contribution is -2.35. The number of nitrogens with zero attached hydrogens (tertiary/aromatic N) is 2. The van der Waals surface area contributed by atoms with Gasteiger partial charge in [0.15, 0.2) is 0 Å². The molecule has 0 saturated carbocycles. The van der Waals surface area contributed by atoms with Gasteiger partial charge in [-0.05, 0) is 32.6 Å². The second-order valence-corrected chi connectivity index (χ2v) is 5.34. The van der Waals surface area contributed by atoms with E-state index in [1.807, 2.05) is 11.8 Å². The Balaban J connectivity index is 2.03. The third-order valence-corrected chi connectivity index (χ3v) is 3.58. The van der Waals surface area contributed by atoms with E-state index in [-0.39, 0.29) is 0 Å². The van der Waals surface area contributed by atoms with Gasteiger partial charge in [-0.25, -0.2) is 0 Å². The van der Waals surface area contributed by atoms with Gasteiger partial charge in [0.05, 0.1) is 6.54 Å². The molecular formula is C16H30N2O. The van der Waals surface area contributed by atoms with Crippen molar-refractivity contribution in [1.82, 2.24) is 4.90 Å². The summed E-state index contributed by atoms with van der Waals surface area (Å²) in [4.78, 5) is 6.47. The summed E-state index contributed by atoms with van der Waals surface area (Å²) in [6.07, 6.45) is 14.1. The molecule has 1 rings (SSSR count). The molecule has 0 aromatic rings. The Hall–Kier alpha value is -0.830. The predicted octanol–water partition coefficient (Wildman–Crippen LogP) is 3.74. The second kappa shape index (κ2) is 10.0. The number of aliphatic hydroxyl groups is 1. The van der Waals surface area contributed by atoms with Gasteiger partial charge in [0.25, 0.3) is 0 Å². The molecule has 0 radical (unpaired) electrons. The summed E-state index contributed by atoms with van der Waals surface area (Å²) in [7, 11) is 0. The van der Waals surface area contributed by atoms with Gasteiger partial charge in [-0.2, -0.15) is 0 Å². The van der Waals surface area contributed by atoms with Gasteiger partial charge in [-0.15, -0.1) is 0 Å². The van der Waals surface area contributed by atoms with Crippen molar-refractivity contribution < 1.29 is 5.11 Å². The molecule has 0 fully saturated rings. The summed E-state index contributed by atoms with van der Waals surface area (Å²) in [6.45, 7) is 5.78. The van der Waals surface area contributed by atoms with Crippen LogP contribution in [-0.4, -0.2) is 35.2 Å². The van der Waals surface area contributed by atoms with Crippen molar-refractivity contribution in [2.24, 2.45) is 4.99 Å². The topological polar surface area (TPSA) is 35.8 Å². The molecule has 0 bridgehead atoms. The molecule has 3 heteroatoms. The maximum absolute atomic E-state index is 9.60. The maximum Gasteiger partial charge on any atom is 0.125 e. The normalized spacial score (nSPS) is 17.2. The van der Waals surface area contributed by atoms with E-state index in [2.05, 4.69) is 24.1 Å². The Bertz CT molecular complexity index is 284. The number of hydrogen-bond donors (Lipinski definition) is 1. The summed E-state index contributed by atoms with van der Waals surface area (Å²) in [5, 5.41) is 9.60. The SMILES string of the molecule is CCCCCC/C=C/CCCC1=NCCN1C(C)O. The van der Waals surface area contributed by atoms with Gasteiger partial charge in [0.2, 0.25) is 0 Å². The van der Waals surface area contributed by atoms with E-state index < -0.39 is 6.23 Å². The van der Waals surface area contributed by atoms with Gasteiger partial charge in [0, 0.05) is 13.0 Å². The standard InChI is InChI=1S/C16H30N2O/c1-3-4-5-6-7-8-9-10-11-12-16-17-13-14-18(16)15(2)19/h8-9,15,19H,3-7,10-14H2,1-2H3/b9-8+. The minimum Gasteiger partial charge on any atom is -0.374 e. The zero-order valence-electron chi connectivity index (χ0n) is 12.6. The van der Waals surface area contributed by atoms with E-state index in [1.165, 1.54) is 32.1 Å². The third-order valence-electron chi connectivity index (χ3n) is 3.58. The lowest BCUT2D eigenvalue weighted by molar-refractivity contribution is 0.0766. The number of aliphatic hydroxyl groups excluding tert-OH is 1. The first-order valence-corrected chi connectivity index (χ1v) is 7.88. The first-order chi connectivity index (χ1) is 9.25. The van der Waals surface area contributed by atoms with Crippen LogP contribution in [0.25, 0.3) is 0 Å². The molecule has 0 saturated heterocycles. The highest BCUT2D eigenvalue weighted by Crippen LogP contribution is 2.11. The Labute approximate surface area is 118 Å². The fraction of sp³-hybridized carbons (Fsp3) is 0.812. The molecule has 1 atom stereocenters. The Kier molecular flexibility index (Phi) is 8.55. The molecule has 19 heavy (non-hydrogen) atoms. The van der Waals surface area contributed by atoms with E-state index in [9.17, 15) is 5.11 Å². The van der Waals surface area contributed by atoms with Gasteiger partial charge in [-0.1, -0.05) is 38.3 Å². The van der Waals surface area contributed by atoms with Crippen LogP contribution in [0.3, 0.4) is 0 Å². The predicted molar refractivity (Wildman–Crippen MR) is 82.4 cm³/mol. The van der Waals surface area contributed by atoms with Crippen molar-refractivity contribution >= 4 is 5.84 Å². The Morgan fingerprint density at radius 2 is 1.95 bits per heavy atom. The highest BCUT2D eigenvalue weighted by Gasteiger charge is 2.19. The second-order valence-electron chi connectivity index (χ2n) is 5.34. The average molecular weight is 266 g/mol. The minimum absolute atomic E-state index is 0.393. The van der Waals surface area contributed by atoms with Crippen molar-refractivity contribution in [3.63, 3.8) is 0 Å². The van der Waals surface area contributed by atoms with Crippen LogP contribution in [0.2, 0.25) is 0 Å². The quantitative estimate of drug-likeness (QED) is 0.483. The van der Waals surface area contributed by atoms with Crippen LogP contribution in [0.4, 0.5) is 0 Å². The molecule has 1 aliphatic heterocycles. The molecule has 3 nitrogen and oxygen atoms in total. The molecule has 1 heterocycles. The maximum atomic E-state index is 9.60. The number of rotatable bonds is 10. The molecule has 0 aliphatic carbocycles. The van der Waals surface area contributed by atoms with Crippen LogP contribution in [0.1, 0.15) is 65.2 Å².